The molecule has 0 atom stereocenters. The molecular weight excluding hydrogens is 160 g/mol. The topological polar surface area (TPSA) is 17.8 Å². The van der Waals surface area contributed by atoms with E-state index >= 15 is 0 Å². The molecule has 13 heavy (non-hydrogen) atoms. The molecule has 74 valence electrons. The Morgan fingerprint density at radius 1 is 1.38 bits per heavy atom. The Bertz CT molecular complexity index is 238. The molecule has 0 aliphatic rings. The van der Waals surface area contributed by atoms with E-state index < -0.39 is 0 Å². The van der Waals surface area contributed by atoms with E-state index in [-0.39, 0.29) is 0 Å². The molecule has 2 nitrogen and oxygen atoms in total. The Labute approximate surface area is 81.0 Å². The van der Waals surface area contributed by atoms with Crippen LogP contribution in [0.15, 0.2) is 12.3 Å². The average molecular weight is 180 g/mol. The van der Waals surface area contributed by atoms with Crippen LogP contribution in [0.25, 0.3) is 0 Å². The van der Waals surface area contributed by atoms with Crippen molar-refractivity contribution in [1.82, 2.24) is 9.78 Å². The molecular formula is C11H20N2. The maximum atomic E-state index is 4.50. The summed E-state index contributed by atoms with van der Waals surface area (Å²) in [5.74, 6) is 0. The third kappa shape index (κ3) is 3.21. The van der Waals surface area contributed by atoms with Gasteiger partial charge in [0.1, 0.15) is 0 Å². The minimum absolute atomic E-state index is 0.486. The second-order valence-electron chi connectivity index (χ2n) is 3.84. The van der Waals surface area contributed by atoms with E-state index in [1.165, 1.54) is 25.0 Å². The van der Waals surface area contributed by atoms with E-state index in [1.807, 2.05) is 4.68 Å². The molecule has 0 unspecified atom stereocenters. The van der Waals surface area contributed by atoms with Gasteiger partial charge in [-0.2, -0.15) is 5.10 Å². The highest BCUT2D eigenvalue weighted by Gasteiger charge is 2.00. The Hall–Kier alpha value is -0.790. The van der Waals surface area contributed by atoms with Crippen molar-refractivity contribution in [2.24, 2.45) is 0 Å². The molecule has 1 aromatic heterocycles. The number of aryl methyl sites for hydroxylation is 1. The molecule has 1 aromatic rings. The van der Waals surface area contributed by atoms with Crippen LogP contribution < -0.4 is 0 Å². The molecule has 1 rings (SSSR count). The maximum Gasteiger partial charge on any atom is 0.0624 e. The highest BCUT2D eigenvalue weighted by molar-refractivity contribution is 4.99. The first kappa shape index (κ1) is 10.3. The molecule has 0 radical (unpaired) electrons. The number of rotatable bonds is 5. The number of hydrogen-bond donors (Lipinski definition) is 0. The van der Waals surface area contributed by atoms with Crippen LogP contribution in [0, 0.1) is 0 Å². The predicted octanol–water partition coefficient (Wildman–Crippen LogP) is 3.20. The van der Waals surface area contributed by atoms with Gasteiger partial charge in [-0.3, -0.25) is 4.68 Å². The van der Waals surface area contributed by atoms with Crippen molar-refractivity contribution in [1.29, 1.82) is 0 Å². The number of aromatic nitrogens is 2. The van der Waals surface area contributed by atoms with E-state index in [0.717, 1.165) is 6.42 Å². The molecule has 0 aromatic carbocycles. The summed E-state index contributed by atoms with van der Waals surface area (Å²) in [6.07, 6.45) is 7.07. The fourth-order valence-electron chi connectivity index (χ4n) is 1.35. The maximum absolute atomic E-state index is 4.50. The highest BCUT2D eigenvalue weighted by Crippen LogP contribution is 2.07. The standard InChI is InChI=1S/C11H20N2/c1-4-5-6-7-11-8-9-13(12-11)10(2)3/h8-10H,4-7H2,1-3H3. The first-order chi connectivity index (χ1) is 6.24. The summed E-state index contributed by atoms with van der Waals surface area (Å²) in [6.45, 7) is 6.54. The molecule has 0 aliphatic heterocycles. The van der Waals surface area contributed by atoms with Gasteiger partial charge in [-0.25, -0.2) is 0 Å². The van der Waals surface area contributed by atoms with E-state index in [9.17, 15) is 0 Å². The lowest BCUT2D eigenvalue weighted by Gasteiger charge is -2.03. The molecule has 0 N–H and O–H groups in total. The molecule has 1 heterocycles. The zero-order valence-electron chi connectivity index (χ0n) is 8.95. The SMILES string of the molecule is CCCCCc1ccn(C(C)C)n1. The summed E-state index contributed by atoms with van der Waals surface area (Å²) < 4.78 is 2.03. The Balaban J connectivity index is 2.40. The molecule has 0 fully saturated rings. The van der Waals surface area contributed by atoms with Crippen LogP contribution in [-0.2, 0) is 6.42 Å². The van der Waals surface area contributed by atoms with E-state index in [2.05, 4.69) is 38.1 Å². The third-order valence-corrected chi connectivity index (χ3v) is 2.23. The molecule has 0 amide bonds. The van der Waals surface area contributed by atoms with Gasteiger partial charge in [0, 0.05) is 12.2 Å². The fraction of sp³-hybridized carbons (Fsp3) is 0.727. The molecule has 0 saturated carbocycles. The van der Waals surface area contributed by atoms with Crippen LogP contribution >= 0.6 is 0 Å². The Morgan fingerprint density at radius 3 is 2.69 bits per heavy atom. The van der Waals surface area contributed by atoms with Gasteiger partial charge in [0.2, 0.25) is 0 Å². The quantitative estimate of drug-likeness (QED) is 0.636. The smallest absolute Gasteiger partial charge is 0.0624 e. The second-order valence-corrected chi connectivity index (χ2v) is 3.84. The minimum Gasteiger partial charge on any atom is -0.270 e. The summed E-state index contributed by atoms with van der Waals surface area (Å²) in [7, 11) is 0. The van der Waals surface area contributed by atoms with Crippen LogP contribution in [0.5, 0.6) is 0 Å². The normalized spacial score (nSPS) is 11.1. The van der Waals surface area contributed by atoms with Crippen molar-refractivity contribution in [3.8, 4) is 0 Å². The lowest BCUT2D eigenvalue weighted by molar-refractivity contribution is 0.524. The summed E-state index contributed by atoms with van der Waals surface area (Å²) in [4.78, 5) is 0. The zero-order valence-corrected chi connectivity index (χ0v) is 8.95. The predicted molar refractivity (Wildman–Crippen MR) is 55.8 cm³/mol. The largest absolute Gasteiger partial charge is 0.270 e. The molecule has 2 heteroatoms. The van der Waals surface area contributed by atoms with Gasteiger partial charge in [0.05, 0.1) is 5.69 Å². The number of unbranched alkanes of at least 4 members (excludes halogenated alkanes) is 2. The van der Waals surface area contributed by atoms with Gasteiger partial charge in [0.25, 0.3) is 0 Å². The van der Waals surface area contributed by atoms with Crippen molar-refractivity contribution in [2.75, 3.05) is 0 Å². The van der Waals surface area contributed by atoms with Crippen LogP contribution in [0.3, 0.4) is 0 Å². The van der Waals surface area contributed by atoms with Crippen LogP contribution in [-0.4, -0.2) is 9.78 Å². The lowest BCUT2D eigenvalue weighted by Crippen LogP contribution is -2.01. The van der Waals surface area contributed by atoms with Crippen LogP contribution in [0.4, 0.5) is 0 Å². The summed E-state index contributed by atoms with van der Waals surface area (Å²) in [6, 6.07) is 2.62. The van der Waals surface area contributed by atoms with Gasteiger partial charge in [-0.05, 0) is 32.8 Å². The van der Waals surface area contributed by atoms with Crippen molar-refractivity contribution in [2.45, 2.75) is 52.5 Å². The lowest BCUT2D eigenvalue weighted by atomic mass is 10.2. The van der Waals surface area contributed by atoms with Crippen LogP contribution in [0.2, 0.25) is 0 Å². The molecule has 0 saturated heterocycles. The molecule has 0 aliphatic carbocycles. The van der Waals surface area contributed by atoms with Crippen molar-refractivity contribution in [3.05, 3.63) is 18.0 Å². The van der Waals surface area contributed by atoms with Gasteiger partial charge >= 0.3 is 0 Å². The Kier molecular flexibility index (Phi) is 4.00. The van der Waals surface area contributed by atoms with E-state index in [1.54, 1.807) is 0 Å². The van der Waals surface area contributed by atoms with Gasteiger partial charge in [-0.1, -0.05) is 19.8 Å². The van der Waals surface area contributed by atoms with Crippen molar-refractivity contribution in [3.63, 3.8) is 0 Å². The molecule has 0 bridgehead atoms. The van der Waals surface area contributed by atoms with Crippen molar-refractivity contribution >= 4 is 0 Å². The summed E-state index contributed by atoms with van der Waals surface area (Å²) in [5.41, 5.74) is 1.24. The first-order valence-electron chi connectivity index (χ1n) is 5.28. The average Bonchev–Trinajstić information content (AvgIpc) is 2.53. The first-order valence-corrected chi connectivity index (χ1v) is 5.28. The summed E-state index contributed by atoms with van der Waals surface area (Å²) >= 11 is 0. The van der Waals surface area contributed by atoms with E-state index in [4.69, 9.17) is 0 Å². The summed E-state index contributed by atoms with van der Waals surface area (Å²) in [5, 5.41) is 4.50. The van der Waals surface area contributed by atoms with Gasteiger partial charge < -0.3 is 0 Å². The highest BCUT2D eigenvalue weighted by atomic mass is 15.3. The molecule has 0 spiro atoms. The van der Waals surface area contributed by atoms with Gasteiger partial charge in [-0.15, -0.1) is 0 Å². The Morgan fingerprint density at radius 2 is 2.15 bits per heavy atom. The van der Waals surface area contributed by atoms with Gasteiger partial charge in [0.15, 0.2) is 0 Å². The number of nitrogens with zero attached hydrogens (tertiary/aromatic N) is 2. The second kappa shape index (κ2) is 5.05. The van der Waals surface area contributed by atoms with E-state index in [0.29, 0.717) is 6.04 Å². The third-order valence-electron chi connectivity index (χ3n) is 2.23. The minimum atomic E-state index is 0.486. The fourth-order valence-corrected chi connectivity index (χ4v) is 1.35. The van der Waals surface area contributed by atoms with Crippen molar-refractivity contribution < 1.29 is 0 Å². The zero-order chi connectivity index (χ0) is 9.68. The van der Waals surface area contributed by atoms with Crippen LogP contribution in [0.1, 0.15) is 51.8 Å². The number of hydrogen-bond acceptors (Lipinski definition) is 1. The monoisotopic (exact) mass is 180 g/mol.